The molecule has 2 aromatic carbocycles. The van der Waals surface area contributed by atoms with Crippen molar-refractivity contribution in [2.24, 2.45) is 5.73 Å². The summed E-state index contributed by atoms with van der Waals surface area (Å²) in [5, 5.41) is 2.88. The van der Waals surface area contributed by atoms with E-state index in [4.69, 9.17) is 10.5 Å². The number of piperidine rings is 1. The molecule has 0 bridgehead atoms. The third-order valence-electron chi connectivity index (χ3n) is 5.08. The minimum absolute atomic E-state index is 0.00997. The molecule has 1 unspecified atom stereocenters. The number of likely N-dealkylation sites (tertiary alicyclic amines) is 1. The molecule has 1 aliphatic rings. The smallest absolute Gasteiger partial charge is 0.253 e. The van der Waals surface area contributed by atoms with Gasteiger partial charge in [-0.1, -0.05) is 30.3 Å². The zero-order valence-electron chi connectivity index (χ0n) is 16.9. The predicted molar refractivity (Wildman–Crippen MR) is 114 cm³/mol. The van der Waals surface area contributed by atoms with Crippen molar-refractivity contribution in [3.05, 3.63) is 59.7 Å². The van der Waals surface area contributed by atoms with E-state index in [0.717, 1.165) is 37.9 Å². The Hall–Kier alpha value is -2.86. The van der Waals surface area contributed by atoms with Crippen molar-refractivity contribution in [1.29, 1.82) is 0 Å². The predicted octanol–water partition coefficient (Wildman–Crippen LogP) is 3.74. The Bertz CT molecular complexity index is 833. The van der Waals surface area contributed by atoms with Crippen LogP contribution in [0, 0.1) is 0 Å². The molecule has 0 saturated carbocycles. The molecule has 2 aromatic rings. The highest BCUT2D eigenvalue weighted by molar-refractivity contribution is 5.98. The van der Waals surface area contributed by atoms with Gasteiger partial charge in [0.25, 0.3) is 5.91 Å². The van der Waals surface area contributed by atoms with E-state index in [-0.39, 0.29) is 18.2 Å². The number of amides is 2. The summed E-state index contributed by atoms with van der Waals surface area (Å²) in [6.07, 6.45) is 3.36. The molecule has 154 valence electrons. The fourth-order valence-electron chi connectivity index (χ4n) is 3.54. The van der Waals surface area contributed by atoms with Gasteiger partial charge in [0.15, 0.2) is 0 Å². The normalized spacial score (nSPS) is 14.9. The van der Waals surface area contributed by atoms with Crippen molar-refractivity contribution in [3.8, 4) is 5.75 Å². The van der Waals surface area contributed by atoms with E-state index >= 15 is 0 Å². The van der Waals surface area contributed by atoms with Crippen LogP contribution in [-0.4, -0.2) is 36.4 Å². The van der Waals surface area contributed by atoms with Gasteiger partial charge < -0.3 is 20.7 Å². The average Bonchev–Trinajstić information content (AvgIpc) is 2.75. The molecule has 6 heteroatoms. The number of ether oxygens (including phenoxy) is 1. The van der Waals surface area contributed by atoms with Gasteiger partial charge in [0.05, 0.1) is 12.3 Å². The fraction of sp³-hybridized carbons (Fsp3) is 0.391. The van der Waals surface area contributed by atoms with E-state index in [1.165, 1.54) is 0 Å². The van der Waals surface area contributed by atoms with Crippen molar-refractivity contribution in [1.82, 2.24) is 4.90 Å². The summed E-state index contributed by atoms with van der Waals surface area (Å²) in [4.78, 5) is 27.3. The lowest BCUT2D eigenvalue weighted by Crippen LogP contribution is -2.35. The molecule has 1 atom stereocenters. The van der Waals surface area contributed by atoms with Crippen LogP contribution in [0.15, 0.2) is 48.5 Å². The van der Waals surface area contributed by atoms with Crippen LogP contribution in [0.3, 0.4) is 0 Å². The first kappa shape index (κ1) is 20.9. The Labute approximate surface area is 172 Å². The maximum Gasteiger partial charge on any atom is 0.253 e. The zero-order chi connectivity index (χ0) is 20.6. The lowest BCUT2D eigenvalue weighted by Gasteiger charge is -2.27. The highest BCUT2D eigenvalue weighted by Gasteiger charge is 2.20. The summed E-state index contributed by atoms with van der Waals surface area (Å²) in [5.41, 5.74) is 8.13. The SMILES string of the molecule is CCOc1ccc(C(=O)N2CCCCC2)cc1NC(=O)CC(N)c1ccccc1. The average molecular weight is 396 g/mol. The Morgan fingerprint density at radius 1 is 1.10 bits per heavy atom. The van der Waals surface area contributed by atoms with Gasteiger partial charge in [-0.3, -0.25) is 9.59 Å². The molecule has 3 rings (SSSR count). The molecule has 0 spiro atoms. The fourth-order valence-corrected chi connectivity index (χ4v) is 3.54. The van der Waals surface area contributed by atoms with Crippen molar-refractivity contribution in [2.45, 2.75) is 38.6 Å². The third-order valence-corrected chi connectivity index (χ3v) is 5.08. The lowest BCUT2D eigenvalue weighted by atomic mass is 10.0. The molecule has 1 aliphatic heterocycles. The van der Waals surface area contributed by atoms with Crippen LogP contribution < -0.4 is 15.8 Å². The molecular weight excluding hydrogens is 366 g/mol. The Morgan fingerprint density at radius 3 is 2.52 bits per heavy atom. The second kappa shape index (κ2) is 10.1. The molecule has 29 heavy (non-hydrogen) atoms. The van der Waals surface area contributed by atoms with E-state index in [9.17, 15) is 9.59 Å². The van der Waals surface area contributed by atoms with Gasteiger partial charge in [-0.15, -0.1) is 0 Å². The van der Waals surface area contributed by atoms with Crippen LogP contribution in [0.4, 0.5) is 5.69 Å². The number of carbonyl (C=O) groups excluding carboxylic acids is 2. The molecule has 0 aliphatic carbocycles. The van der Waals surface area contributed by atoms with E-state index in [0.29, 0.717) is 23.6 Å². The second-order valence-corrected chi connectivity index (χ2v) is 7.27. The van der Waals surface area contributed by atoms with Gasteiger partial charge >= 0.3 is 0 Å². The van der Waals surface area contributed by atoms with E-state index < -0.39 is 6.04 Å². The van der Waals surface area contributed by atoms with Crippen LogP contribution >= 0.6 is 0 Å². The number of rotatable bonds is 7. The lowest BCUT2D eigenvalue weighted by molar-refractivity contribution is -0.116. The summed E-state index contributed by atoms with van der Waals surface area (Å²) >= 11 is 0. The van der Waals surface area contributed by atoms with Gasteiger partial charge in [-0.2, -0.15) is 0 Å². The minimum Gasteiger partial charge on any atom is -0.492 e. The van der Waals surface area contributed by atoms with E-state index in [1.54, 1.807) is 18.2 Å². The topological polar surface area (TPSA) is 84.7 Å². The molecular formula is C23H29N3O3. The zero-order valence-corrected chi connectivity index (χ0v) is 16.9. The minimum atomic E-state index is -0.398. The molecule has 0 aromatic heterocycles. The van der Waals surface area contributed by atoms with E-state index in [2.05, 4.69) is 5.32 Å². The first-order chi connectivity index (χ1) is 14.1. The summed E-state index contributed by atoms with van der Waals surface area (Å²) in [6.45, 7) is 3.90. The monoisotopic (exact) mass is 395 g/mol. The molecule has 3 N–H and O–H groups in total. The maximum atomic E-state index is 12.8. The Kier molecular flexibility index (Phi) is 7.25. The number of carbonyl (C=O) groups is 2. The second-order valence-electron chi connectivity index (χ2n) is 7.27. The van der Waals surface area contributed by atoms with Crippen LogP contribution in [-0.2, 0) is 4.79 Å². The molecule has 0 radical (unpaired) electrons. The first-order valence-corrected chi connectivity index (χ1v) is 10.2. The molecule has 6 nitrogen and oxygen atoms in total. The number of nitrogens with two attached hydrogens (primary N) is 1. The molecule has 1 fully saturated rings. The van der Waals surface area contributed by atoms with Crippen LogP contribution in [0.5, 0.6) is 5.75 Å². The summed E-state index contributed by atoms with van der Waals surface area (Å²) in [6, 6.07) is 14.3. The summed E-state index contributed by atoms with van der Waals surface area (Å²) < 4.78 is 5.64. The van der Waals surface area contributed by atoms with Crippen molar-refractivity contribution < 1.29 is 14.3 Å². The van der Waals surface area contributed by atoms with Gasteiger partial charge in [0.1, 0.15) is 5.75 Å². The summed E-state index contributed by atoms with van der Waals surface area (Å²) in [7, 11) is 0. The first-order valence-electron chi connectivity index (χ1n) is 10.2. The number of anilines is 1. The van der Waals surface area contributed by atoms with Gasteiger partial charge in [0.2, 0.25) is 5.91 Å². The van der Waals surface area contributed by atoms with Gasteiger partial charge in [-0.25, -0.2) is 0 Å². The van der Waals surface area contributed by atoms with Crippen molar-refractivity contribution >= 4 is 17.5 Å². The standard InChI is InChI=1S/C23H29N3O3/c1-2-29-21-12-11-18(23(28)26-13-7-4-8-14-26)15-20(21)25-22(27)16-19(24)17-9-5-3-6-10-17/h3,5-6,9-12,15,19H,2,4,7-8,13-14,16,24H2,1H3,(H,25,27). The highest BCUT2D eigenvalue weighted by atomic mass is 16.5. The van der Waals surface area contributed by atoms with Gasteiger partial charge in [-0.05, 0) is 49.9 Å². The number of nitrogens with zero attached hydrogens (tertiary/aromatic N) is 1. The van der Waals surface area contributed by atoms with E-state index in [1.807, 2.05) is 42.2 Å². The molecule has 1 heterocycles. The maximum absolute atomic E-state index is 12.8. The number of benzene rings is 2. The third kappa shape index (κ3) is 5.57. The van der Waals surface area contributed by atoms with Crippen LogP contribution in [0.25, 0.3) is 0 Å². The number of nitrogens with one attached hydrogen (secondary N) is 1. The van der Waals surface area contributed by atoms with Crippen molar-refractivity contribution in [3.63, 3.8) is 0 Å². The highest BCUT2D eigenvalue weighted by Crippen LogP contribution is 2.28. The number of hydrogen-bond donors (Lipinski definition) is 2. The number of hydrogen-bond acceptors (Lipinski definition) is 4. The Balaban J connectivity index is 1.73. The summed E-state index contributed by atoms with van der Waals surface area (Å²) in [5.74, 6) is 0.318. The molecule has 2 amide bonds. The Morgan fingerprint density at radius 2 is 1.83 bits per heavy atom. The van der Waals surface area contributed by atoms with Gasteiger partial charge in [0, 0.05) is 31.1 Å². The molecule has 1 saturated heterocycles. The van der Waals surface area contributed by atoms with Crippen LogP contribution in [0.1, 0.15) is 54.6 Å². The quantitative estimate of drug-likeness (QED) is 0.748. The van der Waals surface area contributed by atoms with Crippen molar-refractivity contribution in [2.75, 3.05) is 25.0 Å². The van der Waals surface area contributed by atoms with Crippen LogP contribution in [0.2, 0.25) is 0 Å². The largest absolute Gasteiger partial charge is 0.492 e.